The van der Waals surface area contributed by atoms with Crippen molar-refractivity contribution in [2.45, 2.75) is 318 Å². The van der Waals surface area contributed by atoms with Crippen LogP contribution in [-0.2, 0) is 92.5 Å². The standard InChI is InChI=1S/C41H56O6S.C40H53ClO6.C25H43O8P/c1-28(15-18-37(42)44-25-29-11-7-5-8-12-29)33-16-17-34-38-35(20-22-41(33,34)3)40(2)21-19-32(46-27-48-4)23-31(40)24-36(38)47-39(43)45-26-30-13-9-6-10-14-30;1-27(14-17-36(42)44-24-28-10-6-4-7-11-28)32-15-16-33-37-34(19-21-40(32,33)3)39(2)20-18-31(46-26-41)22-30(39)23-35(37)47-38(43)45-25-29-12-8-5-9-13-29;1-15(4-7-22(27)28)18-5-6-19-23-20(9-11-25(18,19)3)24(2)10-8-17(12-16(24)13-21(23)26)32-14-33-34(29,30)31/h5-14,28,31-36,38H,15-27H2,1-4H3;4-13,27,30-35,37H,14-26H2,1-3H3;15-21,23,26H,4-14H2,1-3H3,(H,27,28)(H2,29,30,31)/t28-,31+,32-,33-,34+,35+,36+,38+,40+,41-;27-,30+,31-,32-,33+,34+,35+,37+,39+,40-;15-,16+,17-,18-,19+,20+,21+,23+,24+,25-/m111/s1. The average molecular weight is 1840 g/mol. The van der Waals surface area contributed by atoms with E-state index in [0.29, 0.717) is 133 Å². The number of esters is 2. The first-order valence-corrected chi connectivity index (χ1v) is 52.9. The third-order valence-corrected chi connectivity index (χ3v) is 38.1. The summed E-state index contributed by atoms with van der Waals surface area (Å²) < 4.78 is 68.7. The zero-order valence-electron chi connectivity index (χ0n) is 78.6. The van der Waals surface area contributed by atoms with Crippen LogP contribution in [0.3, 0.4) is 0 Å². The molecule has 0 spiro atoms. The summed E-state index contributed by atoms with van der Waals surface area (Å²) in [6.07, 6.45) is 29.6. The van der Waals surface area contributed by atoms with E-state index in [9.17, 15) is 33.6 Å². The van der Waals surface area contributed by atoms with Crippen molar-refractivity contribution in [2.75, 3.05) is 25.1 Å². The number of phosphoric ester groups is 1. The molecule has 4 aromatic rings. The molecule has 4 aromatic carbocycles. The third kappa shape index (κ3) is 22.9. The highest BCUT2D eigenvalue weighted by molar-refractivity contribution is 7.98. The molecule has 0 heterocycles. The van der Waals surface area contributed by atoms with Crippen LogP contribution in [0.2, 0.25) is 0 Å². The zero-order chi connectivity index (χ0) is 91.6. The van der Waals surface area contributed by atoms with Gasteiger partial charge >= 0.3 is 38.0 Å². The molecule has 0 aromatic heterocycles. The Hall–Kier alpha value is -5.58. The quantitative estimate of drug-likeness (QED) is 0.0120. The lowest BCUT2D eigenvalue weighted by Gasteiger charge is -2.62. The van der Waals surface area contributed by atoms with Crippen LogP contribution < -0.4 is 0 Å². The maximum absolute atomic E-state index is 13.3. The number of halogens is 1. The first-order chi connectivity index (χ1) is 61.8. The molecule has 20 nitrogen and oxygen atoms in total. The second kappa shape index (κ2) is 43.6. The first-order valence-electron chi connectivity index (χ1n) is 49.4. The van der Waals surface area contributed by atoms with Gasteiger partial charge in [0.25, 0.3) is 0 Å². The topological polar surface area (TPSA) is 276 Å². The number of carboxylic acid groups (broad SMARTS) is 1. The van der Waals surface area contributed by atoms with Gasteiger partial charge in [0.15, 0.2) is 6.79 Å². The van der Waals surface area contributed by atoms with Gasteiger partial charge in [-0.2, -0.15) is 0 Å². The number of aliphatic carboxylic acids is 1. The fraction of sp³-hybridized carbons (Fsp3) is 0.726. The number of thioether (sulfide) groups is 1. The van der Waals surface area contributed by atoms with Crippen molar-refractivity contribution < 1.29 is 95.7 Å². The summed E-state index contributed by atoms with van der Waals surface area (Å²) in [6, 6.07) is 39.6. The highest BCUT2D eigenvalue weighted by atomic mass is 35.5. The maximum Gasteiger partial charge on any atom is 0.508 e. The molecule has 4 N–H and O–H groups in total. The minimum Gasteiger partial charge on any atom is -0.481 e. The molecule has 0 amide bonds. The van der Waals surface area contributed by atoms with Crippen molar-refractivity contribution in [3.05, 3.63) is 144 Å². The van der Waals surface area contributed by atoms with Crippen LogP contribution in [0.1, 0.15) is 277 Å². The van der Waals surface area contributed by atoms with Crippen molar-refractivity contribution in [1.82, 2.24) is 0 Å². The number of alkyl halides is 1. The summed E-state index contributed by atoms with van der Waals surface area (Å²) in [5, 5.41) is 20.6. The molecule has 0 bridgehead atoms. The first kappa shape index (κ1) is 99.4. The van der Waals surface area contributed by atoms with E-state index >= 15 is 0 Å². The zero-order valence-corrected chi connectivity index (χ0v) is 81.1. The Labute approximate surface area is 778 Å². The monoisotopic (exact) mass is 1840 g/mol. The van der Waals surface area contributed by atoms with E-state index in [1.165, 1.54) is 32.1 Å². The number of hydrogen-bond donors (Lipinski definition) is 4. The van der Waals surface area contributed by atoms with Gasteiger partial charge in [-0.3, -0.25) is 18.9 Å². The Balaban J connectivity index is 0.000000159. The minimum absolute atomic E-state index is 0.104. The molecule has 16 rings (SSSR count). The molecule has 23 heteroatoms. The normalized spacial score (nSPS) is 37.6. The molecular formula is C106H152ClO20PS. The summed E-state index contributed by atoms with van der Waals surface area (Å²) in [5.41, 5.74) is 4.99. The highest BCUT2D eigenvalue weighted by Gasteiger charge is 2.68. The number of phosphoric acid groups is 1. The number of carbonyl (C=O) groups is 5. The van der Waals surface area contributed by atoms with Gasteiger partial charge < -0.3 is 62.6 Å². The molecule has 30 atom stereocenters. The van der Waals surface area contributed by atoms with E-state index in [0.717, 1.165) is 169 Å². The second-order valence-electron chi connectivity index (χ2n) is 43.5. The van der Waals surface area contributed by atoms with Gasteiger partial charge in [0, 0.05) is 31.1 Å². The van der Waals surface area contributed by atoms with Gasteiger partial charge in [0.05, 0.1) is 30.4 Å². The van der Waals surface area contributed by atoms with Gasteiger partial charge in [-0.15, -0.1) is 11.8 Å². The van der Waals surface area contributed by atoms with E-state index in [-0.39, 0.29) is 107 Å². The molecular weight excluding hydrogens is 1690 g/mol. The summed E-state index contributed by atoms with van der Waals surface area (Å²) in [4.78, 5) is 80.9. The van der Waals surface area contributed by atoms with Crippen molar-refractivity contribution in [3.8, 4) is 0 Å². The Morgan fingerprint density at radius 3 is 1.11 bits per heavy atom. The number of carbonyl (C=O) groups excluding carboxylic acids is 4. The Morgan fingerprint density at radius 1 is 0.419 bits per heavy atom. The van der Waals surface area contributed by atoms with Crippen LogP contribution in [0.5, 0.6) is 0 Å². The van der Waals surface area contributed by atoms with Crippen LogP contribution in [0.15, 0.2) is 121 Å². The summed E-state index contributed by atoms with van der Waals surface area (Å²) in [5.74, 6) is 7.66. The predicted molar refractivity (Wildman–Crippen MR) is 498 cm³/mol. The second-order valence-corrected chi connectivity index (χ2v) is 45.7. The lowest BCUT2D eigenvalue weighted by Crippen LogP contribution is -2.59. The van der Waals surface area contributed by atoms with Gasteiger partial charge in [0.2, 0.25) is 0 Å². The molecule has 0 unspecified atom stereocenters. The van der Waals surface area contributed by atoms with Gasteiger partial charge in [0.1, 0.15) is 44.7 Å². The number of rotatable bonds is 31. The molecule has 12 aliphatic carbocycles. The van der Waals surface area contributed by atoms with Crippen molar-refractivity contribution in [2.24, 2.45) is 139 Å². The number of benzene rings is 4. The van der Waals surface area contributed by atoms with Crippen LogP contribution in [-0.4, -0.2) is 112 Å². The SMILES string of the molecule is CSCO[C@@H]1CC[C@@]2(C)[C@@H](C1)C[C@H](OC(=O)OCc1ccccc1)[C@@H]1[C@@H]2CC[C@]2(C)[C@@H]([C@H](C)CCC(=O)OCc3ccccc3)CC[C@@H]12.C[C@H](CCC(=O)O)[C@H]1CC[C@H]2[C@@H]3[C@@H](O)C[C@@H]4C[C@H](OCOP(=O)(O)O)CC[C@]4(C)[C@H]3CC[C@]12C.C[C@H](CCC(=O)OCc1ccccc1)[C@H]1CC[C@H]2[C@@H]3[C@@H](OC(=O)OCc4ccccc4)C[C@@H]4C[C@H](OCCl)CC[C@]4(C)[C@H]3CC[C@]12C. The molecule has 0 saturated heterocycles. The van der Waals surface area contributed by atoms with Gasteiger partial charge in [-0.25, -0.2) is 14.2 Å². The lowest BCUT2D eigenvalue weighted by atomic mass is 9.43. The van der Waals surface area contributed by atoms with E-state index in [4.69, 9.17) is 69.1 Å². The van der Waals surface area contributed by atoms with Crippen LogP contribution in [0.4, 0.5) is 9.59 Å². The fourth-order valence-corrected chi connectivity index (χ4v) is 31.3. The van der Waals surface area contributed by atoms with E-state index in [1.54, 1.807) is 11.8 Å². The predicted octanol–water partition coefficient (Wildman–Crippen LogP) is 24.1. The van der Waals surface area contributed by atoms with Crippen molar-refractivity contribution in [3.63, 3.8) is 0 Å². The number of aliphatic hydroxyl groups is 1. The smallest absolute Gasteiger partial charge is 0.481 e. The van der Waals surface area contributed by atoms with Gasteiger partial charge in [-0.1, -0.05) is 195 Å². The lowest BCUT2D eigenvalue weighted by molar-refractivity contribution is -0.183. The Morgan fingerprint density at radius 2 is 0.744 bits per heavy atom. The molecule has 12 fully saturated rings. The van der Waals surface area contributed by atoms with Crippen molar-refractivity contribution in [1.29, 1.82) is 0 Å². The maximum atomic E-state index is 13.3. The van der Waals surface area contributed by atoms with Crippen LogP contribution in [0, 0.1) is 139 Å². The number of carboxylic acids is 1. The summed E-state index contributed by atoms with van der Waals surface area (Å²) in [7, 11) is -4.54. The molecule has 0 radical (unpaired) electrons. The Kier molecular flexibility index (Phi) is 33.6. The third-order valence-electron chi connectivity index (χ3n) is 37.2. The summed E-state index contributed by atoms with van der Waals surface area (Å²) >= 11 is 7.74. The number of ether oxygens (including phenoxy) is 9. The molecule has 129 heavy (non-hydrogen) atoms. The average Bonchev–Trinajstić information content (AvgIpc) is 1.57. The summed E-state index contributed by atoms with van der Waals surface area (Å²) in [6.45, 7) is 22.5. The molecule has 12 saturated carbocycles. The largest absolute Gasteiger partial charge is 0.508 e. The van der Waals surface area contributed by atoms with Crippen LogP contribution in [0.25, 0.3) is 0 Å². The minimum atomic E-state index is -4.54. The number of hydrogen-bond acceptors (Lipinski definition) is 18. The molecule has 714 valence electrons. The van der Waals surface area contributed by atoms with E-state index in [1.807, 2.05) is 121 Å². The van der Waals surface area contributed by atoms with E-state index in [2.05, 4.69) is 73.1 Å². The fourth-order valence-electron chi connectivity index (χ4n) is 30.6. The van der Waals surface area contributed by atoms with E-state index < -0.39 is 32.9 Å². The Bertz CT molecular complexity index is 4340. The van der Waals surface area contributed by atoms with Crippen molar-refractivity contribution >= 4 is 61.4 Å². The number of aliphatic hydroxyl groups excluding tert-OH is 1. The molecule has 0 aliphatic heterocycles. The van der Waals surface area contributed by atoms with Gasteiger partial charge in [-0.05, 0) is 329 Å². The highest BCUT2D eigenvalue weighted by Crippen LogP contribution is 2.73. The number of fused-ring (bicyclic) bond motifs is 15. The van der Waals surface area contributed by atoms with Crippen LogP contribution >= 0.6 is 31.2 Å². The molecule has 12 aliphatic rings.